The standard InChI is InChI=1S/C10H8N2O4/c13-10-12-11-9(16-10)6-1-2-7-8(5-6)15-4-3-14-7/h1-2,5H,3-4H2,(H,12,13). The molecule has 0 atom stereocenters. The van der Waals surface area contributed by atoms with E-state index in [1.165, 1.54) is 0 Å². The number of aromatic hydroxyl groups is 1. The van der Waals surface area contributed by atoms with Crippen LogP contribution in [0.5, 0.6) is 17.6 Å². The summed E-state index contributed by atoms with van der Waals surface area (Å²) in [6.07, 6.45) is -0.454. The van der Waals surface area contributed by atoms with E-state index in [-0.39, 0.29) is 5.89 Å². The molecule has 0 bridgehead atoms. The molecule has 0 fully saturated rings. The topological polar surface area (TPSA) is 77.6 Å². The van der Waals surface area contributed by atoms with Crippen LogP contribution in [0.1, 0.15) is 0 Å². The molecule has 0 unspecified atom stereocenters. The summed E-state index contributed by atoms with van der Waals surface area (Å²) in [6.45, 7) is 1.07. The molecule has 0 radical (unpaired) electrons. The van der Waals surface area contributed by atoms with Crippen molar-refractivity contribution in [2.24, 2.45) is 0 Å². The summed E-state index contributed by atoms with van der Waals surface area (Å²) in [5, 5.41) is 16.0. The van der Waals surface area contributed by atoms with Gasteiger partial charge in [-0.15, -0.1) is 5.10 Å². The van der Waals surface area contributed by atoms with Crippen molar-refractivity contribution >= 4 is 0 Å². The molecule has 1 aromatic carbocycles. The molecule has 0 saturated carbocycles. The first kappa shape index (κ1) is 9.02. The van der Waals surface area contributed by atoms with Crippen LogP contribution in [0.25, 0.3) is 11.5 Å². The van der Waals surface area contributed by atoms with E-state index in [9.17, 15) is 0 Å². The molecule has 2 aromatic rings. The smallest absolute Gasteiger partial charge is 0.412 e. The van der Waals surface area contributed by atoms with Crippen LogP contribution in [-0.2, 0) is 0 Å². The molecule has 16 heavy (non-hydrogen) atoms. The van der Waals surface area contributed by atoms with Gasteiger partial charge in [-0.2, -0.15) is 0 Å². The molecule has 0 amide bonds. The largest absolute Gasteiger partial charge is 0.486 e. The van der Waals surface area contributed by atoms with Crippen molar-refractivity contribution in [2.75, 3.05) is 13.2 Å². The lowest BCUT2D eigenvalue weighted by Gasteiger charge is -2.18. The lowest BCUT2D eigenvalue weighted by Crippen LogP contribution is -2.15. The Hall–Kier alpha value is -2.24. The maximum absolute atomic E-state index is 8.96. The molecule has 6 heteroatoms. The Bertz CT molecular complexity index is 523. The lowest BCUT2D eigenvalue weighted by atomic mass is 10.2. The number of aromatic nitrogens is 2. The van der Waals surface area contributed by atoms with Crippen molar-refractivity contribution in [3.63, 3.8) is 0 Å². The number of nitrogens with zero attached hydrogens (tertiary/aromatic N) is 2. The Balaban J connectivity index is 2.02. The fraction of sp³-hybridized carbons (Fsp3) is 0.200. The van der Waals surface area contributed by atoms with E-state index >= 15 is 0 Å². The maximum Gasteiger partial charge on any atom is 0.412 e. The number of hydrogen-bond acceptors (Lipinski definition) is 6. The molecule has 1 N–H and O–H groups in total. The summed E-state index contributed by atoms with van der Waals surface area (Å²) < 4.78 is 15.7. The van der Waals surface area contributed by atoms with E-state index in [4.69, 9.17) is 19.0 Å². The second-order valence-electron chi connectivity index (χ2n) is 3.25. The van der Waals surface area contributed by atoms with Crippen LogP contribution in [0, 0.1) is 0 Å². The summed E-state index contributed by atoms with van der Waals surface area (Å²) >= 11 is 0. The molecular formula is C10H8N2O4. The highest BCUT2D eigenvalue weighted by Crippen LogP contribution is 2.34. The van der Waals surface area contributed by atoms with Gasteiger partial charge in [-0.05, 0) is 18.2 Å². The van der Waals surface area contributed by atoms with E-state index in [0.717, 1.165) is 0 Å². The first-order valence-corrected chi connectivity index (χ1v) is 4.75. The normalized spacial score (nSPS) is 13.8. The molecule has 0 spiro atoms. The van der Waals surface area contributed by atoms with Gasteiger partial charge in [-0.25, -0.2) is 0 Å². The van der Waals surface area contributed by atoms with E-state index in [0.29, 0.717) is 30.3 Å². The van der Waals surface area contributed by atoms with Crippen LogP contribution in [0.15, 0.2) is 22.6 Å². The molecular weight excluding hydrogens is 212 g/mol. The third-order valence-corrected chi connectivity index (χ3v) is 2.20. The maximum atomic E-state index is 8.96. The summed E-state index contributed by atoms with van der Waals surface area (Å²) in [7, 11) is 0. The number of hydrogen-bond donors (Lipinski definition) is 1. The van der Waals surface area contributed by atoms with Gasteiger partial charge >= 0.3 is 6.08 Å². The van der Waals surface area contributed by atoms with Crippen LogP contribution >= 0.6 is 0 Å². The molecule has 0 saturated heterocycles. The summed E-state index contributed by atoms with van der Waals surface area (Å²) in [6, 6.07) is 5.27. The van der Waals surface area contributed by atoms with Crippen molar-refractivity contribution < 1.29 is 19.0 Å². The molecule has 6 nitrogen and oxygen atoms in total. The zero-order valence-corrected chi connectivity index (χ0v) is 8.21. The quantitative estimate of drug-likeness (QED) is 0.778. The first-order valence-electron chi connectivity index (χ1n) is 4.75. The highest BCUT2D eigenvalue weighted by atomic mass is 16.6. The Morgan fingerprint density at radius 3 is 2.62 bits per heavy atom. The first-order chi connectivity index (χ1) is 7.83. The van der Waals surface area contributed by atoms with Gasteiger partial charge in [0.25, 0.3) is 5.89 Å². The van der Waals surface area contributed by atoms with Crippen molar-refractivity contribution in [1.82, 2.24) is 10.2 Å². The fourth-order valence-corrected chi connectivity index (χ4v) is 1.51. The van der Waals surface area contributed by atoms with Gasteiger partial charge in [0.15, 0.2) is 11.5 Å². The highest BCUT2D eigenvalue weighted by molar-refractivity contribution is 5.59. The van der Waals surface area contributed by atoms with Gasteiger partial charge in [0.2, 0.25) is 0 Å². The molecule has 1 aliphatic rings. The average Bonchev–Trinajstić information content (AvgIpc) is 2.75. The van der Waals surface area contributed by atoms with Gasteiger partial charge in [-0.1, -0.05) is 5.10 Å². The van der Waals surface area contributed by atoms with E-state index < -0.39 is 6.08 Å². The molecule has 2 heterocycles. The predicted octanol–water partition coefficient (Wildman–Crippen LogP) is 1.21. The summed E-state index contributed by atoms with van der Waals surface area (Å²) in [5.74, 6) is 1.58. The van der Waals surface area contributed by atoms with Crippen LogP contribution in [-0.4, -0.2) is 28.5 Å². The minimum absolute atomic E-state index is 0.245. The van der Waals surface area contributed by atoms with Crippen LogP contribution in [0.2, 0.25) is 0 Å². The number of fused-ring (bicyclic) bond motifs is 1. The minimum atomic E-state index is -0.454. The zero-order chi connectivity index (χ0) is 11.0. The third kappa shape index (κ3) is 1.44. The van der Waals surface area contributed by atoms with Gasteiger partial charge in [0.1, 0.15) is 13.2 Å². The molecule has 3 rings (SSSR count). The van der Waals surface area contributed by atoms with Gasteiger partial charge in [0.05, 0.1) is 0 Å². The summed E-state index contributed by atoms with van der Waals surface area (Å²) in [4.78, 5) is 0. The number of ether oxygens (including phenoxy) is 2. The van der Waals surface area contributed by atoms with Crippen molar-refractivity contribution in [1.29, 1.82) is 0 Å². The van der Waals surface area contributed by atoms with Crippen molar-refractivity contribution in [3.8, 4) is 29.0 Å². The van der Waals surface area contributed by atoms with Crippen LogP contribution in [0.3, 0.4) is 0 Å². The Morgan fingerprint density at radius 1 is 1.06 bits per heavy atom. The zero-order valence-electron chi connectivity index (χ0n) is 8.21. The lowest BCUT2D eigenvalue weighted by molar-refractivity contribution is 0.171. The minimum Gasteiger partial charge on any atom is -0.486 e. The predicted molar refractivity (Wildman–Crippen MR) is 52.4 cm³/mol. The van der Waals surface area contributed by atoms with Crippen molar-refractivity contribution in [2.45, 2.75) is 0 Å². The van der Waals surface area contributed by atoms with Gasteiger partial charge in [0, 0.05) is 5.56 Å². The number of benzene rings is 1. The Morgan fingerprint density at radius 2 is 1.88 bits per heavy atom. The van der Waals surface area contributed by atoms with Crippen LogP contribution < -0.4 is 9.47 Å². The Labute approximate surface area is 90.4 Å². The SMILES string of the molecule is Oc1nnc(-c2ccc3c(c2)OCCO3)o1. The third-order valence-electron chi connectivity index (χ3n) is 2.20. The molecule has 0 aliphatic carbocycles. The average molecular weight is 220 g/mol. The van der Waals surface area contributed by atoms with E-state index in [2.05, 4.69) is 10.2 Å². The fourth-order valence-electron chi connectivity index (χ4n) is 1.51. The van der Waals surface area contributed by atoms with Gasteiger partial charge in [-0.3, -0.25) is 0 Å². The molecule has 82 valence electrons. The second-order valence-corrected chi connectivity index (χ2v) is 3.25. The van der Waals surface area contributed by atoms with E-state index in [1.54, 1.807) is 18.2 Å². The van der Waals surface area contributed by atoms with E-state index in [1.807, 2.05) is 0 Å². The van der Waals surface area contributed by atoms with Crippen LogP contribution in [0.4, 0.5) is 0 Å². The second kappa shape index (κ2) is 3.41. The monoisotopic (exact) mass is 220 g/mol. The Kier molecular flexibility index (Phi) is 1.92. The number of rotatable bonds is 1. The highest BCUT2D eigenvalue weighted by Gasteiger charge is 2.15. The molecule has 1 aliphatic heterocycles. The van der Waals surface area contributed by atoms with Gasteiger partial charge < -0.3 is 19.0 Å². The molecule has 1 aromatic heterocycles. The summed E-state index contributed by atoms with van der Waals surface area (Å²) in [5.41, 5.74) is 0.678. The van der Waals surface area contributed by atoms with Crippen molar-refractivity contribution in [3.05, 3.63) is 18.2 Å².